The first kappa shape index (κ1) is 23.5. The fourth-order valence-corrected chi connectivity index (χ4v) is 7.05. The van der Waals surface area contributed by atoms with Crippen molar-refractivity contribution in [3.05, 3.63) is 65.2 Å². The van der Waals surface area contributed by atoms with E-state index < -0.39 is 10.0 Å². The van der Waals surface area contributed by atoms with Gasteiger partial charge in [0, 0.05) is 38.7 Å². The molecule has 2 aromatic carbocycles. The van der Waals surface area contributed by atoms with E-state index in [0.29, 0.717) is 43.9 Å². The van der Waals surface area contributed by atoms with E-state index in [1.54, 1.807) is 10.4 Å². The molecule has 0 bridgehead atoms. The van der Waals surface area contributed by atoms with Gasteiger partial charge in [-0.1, -0.05) is 36.4 Å². The highest BCUT2D eigenvalue weighted by atomic mass is 32.2. The highest BCUT2D eigenvalue weighted by Gasteiger charge is 2.35. The van der Waals surface area contributed by atoms with Gasteiger partial charge in [0.2, 0.25) is 15.9 Å². The Bertz CT molecular complexity index is 1100. The lowest BCUT2D eigenvalue weighted by Crippen LogP contribution is -2.45. The Morgan fingerprint density at radius 2 is 1.74 bits per heavy atom. The number of carbonyl (C=O) groups is 1. The van der Waals surface area contributed by atoms with Gasteiger partial charge in [0.15, 0.2) is 0 Å². The second-order valence-electron chi connectivity index (χ2n) is 9.80. The predicted molar refractivity (Wildman–Crippen MR) is 131 cm³/mol. The number of piperidine rings is 1. The van der Waals surface area contributed by atoms with Gasteiger partial charge in [-0.3, -0.25) is 4.79 Å². The van der Waals surface area contributed by atoms with Crippen LogP contribution in [0.25, 0.3) is 0 Å². The summed E-state index contributed by atoms with van der Waals surface area (Å²) in [5.41, 5.74) is 3.54. The average Bonchev–Trinajstić information content (AvgIpc) is 3.55. The topological polar surface area (TPSA) is 66.9 Å². The molecule has 0 radical (unpaired) electrons. The molecule has 2 heterocycles. The molecule has 2 aromatic rings. The smallest absolute Gasteiger partial charge is 0.243 e. The van der Waals surface area contributed by atoms with Crippen molar-refractivity contribution < 1.29 is 17.9 Å². The number of hydrogen-bond acceptors (Lipinski definition) is 4. The zero-order valence-corrected chi connectivity index (χ0v) is 20.5. The monoisotopic (exact) mass is 482 g/mol. The molecule has 2 saturated heterocycles. The second kappa shape index (κ2) is 10.2. The van der Waals surface area contributed by atoms with E-state index in [9.17, 15) is 13.2 Å². The Kier molecular flexibility index (Phi) is 7.04. The maximum absolute atomic E-state index is 13.5. The lowest BCUT2D eigenvalue weighted by molar-refractivity contribution is -0.139. The molecule has 5 rings (SSSR count). The number of ether oxygens (including phenoxy) is 1. The first-order valence-electron chi connectivity index (χ1n) is 12.6. The highest BCUT2D eigenvalue weighted by molar-refractivity contribution is 7.89. The van der Waals surface area contributed by atoms with Gasteiger partial charge in [-0.05, 0) is 73.8 Å². The van der Waals surface area contributed by atoms with Gasteiger partial charge in [-0.25, -0.2) is 8.42 Å². The van der Waals surface area contributed by atoms with Gasteiger partial charge in [0.25, 0.3) is 0 Å². The standard InChI is InChI=1S/C27H34N2O4S/c30-27(28(20-25-10-5-17-33-25)19-21-6-2-1-3-7-21)23-13-15-29(16-14-23)34(31,32)26-12-11-22-8-4-9-24(22)18-26/h1-3,6-7,11-12,18,23,25H,4-5,8-10,13-17,19-20H2. The van der Waals surface area contributed by atoms with Crippen molar-refractivity contribution in [1.82, 2.24) is 9.21 Å². The Labute approximate surface area is 203 Å². The number of hydrogen-bond donors (Lipinski definition) is 0. The van der Waals surface area contributed by atoms with E-state index in [-0.39, 0.29) is 17.9 Å². The lowest BCUT2D eigenvalue weighted by atomic mass is 9.96. The molecule has 1 atom stereocenters. The molecule has 1 aliphatic carbocycles. The van der Waals surface area contributed by atoms with Crippen LogP contribution in [0.1, 0.15) is 48.8 Å². The molecular weight excluding hydrogens is 448 g/mol. The van der Waals surface area contributed by atoms with E-state index in [2.05, 4.69) is 0 Å². The fraction of sp³-hybridized carbons (Fsp3) is 0.519. The molecule has 1 amide bonds. The minimum Gasteiger partial charge on any atom is -0.376 e. The predicted octanol–water partition coefficient (Wildman–Crippen LogP) is 3.78. The first-order valence-corrected chi connectivity index (χ1v) is 14.0. The Morgan fingerprint density at radius 1 is 0.971 bits per heavy atom. The number of aryl methyl sites for hydroxylation is 2. The number of carbonyl (C=O) groups excluding carboxylic acids is 1. The van der Waals surface area contributed by atoms with Gasteiger partial charge in [-0.2, -0.15) is 4.31 Å². The van der Waals surface area contributed by atoms with Crippen LogP contribution in [-0.4, -0.2) is 55.9 Å². The summed E-state index contributed by atoms with van der Waals surface area (Å²) in [6.45, 7) is 2.69. The third kappa shape index (κ3) is 5.07. The number of sulfonamides is 1. The minimum atomic E-state index is -3.53. The number of fused-ring (bicyclic) bond motifs is 1. The molecule has 34 heavy (non-hydrogen) atoms. The third-order valence-corrected chi connectivity index (χ3v) is 9.38. The van der Waals surface area contributed by atoms with Gasteiger partial charge in [0.1, 0.15) is 0 Å². The van der Waals surface area contributed by atoms with Crippen LogP contribution >= 0.6 is 0 Å². The molecule has 2 aliphatic heterocycles. The highest BCUT2D eigenvalue weighted by Crippen LogP contribution is 2.29. The van der Waals surface area contributed by atoms with Crippen LogP contribution in [0.4, 0.5) is 0 Å². The van der Waals surface area contributed by atoms with Crippen LogP contribution in [0.2, 0.25) is 0 Å². The summed E-state index contributed by atoms with van der Waals surface area (Å²) in [7, 11) is -3.53. The van der Waals surface area contributed by atoms with Crippen molar-refractivity contribution in [2.45, 2.75) is 62.5 Å². The molecule has 2 fully saturated rings. The van der Waals surface area contributed by atoms with Crippen molar-refractivity contribution in [2.24, 2.45) is 5.92 Å². The first-order chi connectivity index (χ1) is 16.5. The molecule has 0 spiro atoms. The van der Waals surface area contributed by atoms with Gasteiger partial charge >= 0.3 is 0 Å². The number of amides is 1. The lowest BCUT2D eigenvalue weighted by Gasteiger charge is -2.34. The van der Waals surface area contributed by atoms with Crippen molar-refractivity contribution >= 4 is 15.9 Å². The molecule has 0 saturated carbocycles. The van der Waals surface area contributed by atoms with E-state index in [4.69, 9.17) is 4.74 Å². The quantitative estimate of drug-likeness (QED) is 0.602. The maximum Gasteiger partial charge on any atom is 0.243 e. The summed E-state index contributed by atoms with van der Waals surface area (Å²) in [6.07, 6.45) is 6.31. The largest absolute Gasteiger partial charge is 0.376 e. The van der Waals surface area contributed by atoms with E-state index in [1.165, 1.54) is 5.56 Å². The van der Waals surface area contributed by atoms with Crippen LogP contribution in [0.15, 0.2) is 53.4 Å². The summed E-state index contributed by atoms with van der Waals surface area (Å²) < 4.78 is 33.9. The SMILES string of the molecule is O=C(C1CCN(S(=O)(=O)c2ccc3c(c2)CCC3)CC1)N(Cc1ccccc1)CC1CCCO1. The van der Waals surface area contributed by atoms with Crippen molar-refractivity contribution in [1.29, 1.82) is 0 Å². The summed E-state index contributed by atoms with van der Waals surface area (Å²) >= 11 is 0. The van der Waals surface area contributed by atoms with Gasteiger partial charge < -0.3 is 9.64 Å². The van der Waals surface area contributed by atoms with Crippen molar-refractivity contribution in [3.63, 3.8) is 0 Å². The van der Waals surface area contributed by atoms with Gasteiger partial charge in [0.05, 0.1) is 11.0 Å². The average molecular weight is 483 g/mol. The van der Waals surface area contributed by atoms with Crippen LogP contribution < -0.4 is 0 Å². The molecule has 182 valence electrons. The molecule has 1 unspecified atom stereocenters. The molecule has 0 aromatic heterocycles. The van der Waals surface area contributed by atoms with E-state index in [1.807, 2.05) is 47.4 Å². The summed E-state index contributed by atoms with van der Waals surface area (Å²) in [5.74, 6) is -0.0366. The van der Waals surface area contributed by atoms with Crippen LogP contribution in [0, 0.1) is 5.92 Å². The van der Waals surface area contributed by atoms with Crippen molar-refractivity contribution in [3.8, 4) is 0 Å². The fourth-order valence-electron chi connectivity index (χ4n) is 5.53. The number of rotatable bonds is 7. The van der Waals surface area contributed by atoms with E-state index in [0.717, 1.165) is 49.8 Å². The molecular formula is C27H34N2O4S. The molecule has 6 nitrogen and oxygen atoms in total. The molecule has 3 aliphatic rings. The van der Waals surface area contributed by atoms with Crippen LogP contribution in [-0.2, 0) is 38.9 Å². The second-order valence-corrected chi connectivity index (χ2v) is 11.7. The Morgan fingerprint density at radius 3 is 2.47 bits per heavy atom. The summed E-state index contributed by atoms with van der Waals surface area (Å²) in [4.78, 5) is 15.9. The Hall–Kier alpha value is -2.22. The number of nitrogens with zero attached hydrogens (tertiary/aromatic N) is 2. The van der Waals surface area contributed by atoms with Crippen LogP contribution in [0.5, 0.6) is 0 Å². The van der Waals surface area contributed by atoms with E-state index >= 15 is 0 Å². The Balaban J connectivity index is 1.25. The molecule has 0 N–H and O–H groups in total. The maximum atomic E-state index is 13.5. The normalized spacial score (nSPS) is 21.5. The van der Waals surface area contributed by atoms with Gasteiger partial charge in [-0.15, -0.1) is 0 Å². The zero-order valence-electron chi connectivity index (χ0n) is 19.7. The summed E-state index contributed by atoms with van der Waals surface area (Å²) in [6, 6.07) is 15.6. The third-order valence-electron chi connectivity index (χ3n) is 7.49. The zero-order chi connectivity index (χ0) is 23.5. The molecule has 7 heteroatoms. The minimum absolute atomic E-state index is 0.0907. The number of benzene rings is 2. The van der Waals surface area contributed by atoms with Crippen molar-refractivity contribution in [2.75, 3.05) is 26.2 Å². The van der Waals surface area contributed by atoms with Crippen LogP contribution in [0.3, 0.4) is 0 Å². The summed E-state index contributed by atoms with van der Waals surface area (Å²) in [5, 5.41) is 0.